The van der Waals surface area contributed by atoms with Crippen LogP contribution < -0.4 is 10.6 Å². The Balaban J connectivity index is 2.45. The molecule has 2 rings (SSSR count). The van der Waals surface area contributed by atoms with Crippen molar-refractivity contribution in [2.75, 3.05) is 14.1 Å². The molecule has 1 aromatic carbocycles. The van der Waals surface area contributed by atoms with Gasteiger partial charge >= 0.3 is 0 Å². The van der Waals surface area contributed by atoms with Crippen molar-refractivity contribution in [3.63, 3.8) is 0 Å². The van der Waals surface area contributed by atoms with Gasteiger partial charge in [0.1, 0.15) is 5.82 Å². The Hall–Kier alpha value is -1.65. The van der Waals surface area contributed by atoms with Crippen LogP contribution in [0.4, 0.5) is 4.39 Å². The molecule has 0 saturated heterocycles. The minimum atomic E-state index is -0.191. The summed E-state index contributed by atoms with van der Waals surface area (Å²) in [7, 11) is 3.78. The zero-order valence-corrected chi connectivity index (χ0v) is 10.7. The third kappa shape index (κ3) is 2.60. The first kappa shape index (κ1) is 12.8. The number of benzene rings is 1. The maximum Gasteiger partial charge on any atom is 0.132 e. The first-order valence-corrected chi connectivity index (χ1v) is 5.99. The van der Waals surface area contributed by atoms with E-state index in [2.05, 4.69) is 10.6 Å². The maximum absolute atomic E-state index is 13.8. The molecular weight excluding hydrogens is 229 g/mol. The number of halogens is 1. The molecule has 4 heteroatoms. The number of hydrogen-bond acceptors (Lipinski definition) is 2. The lowest BCUT2D eigenvalue weighted by atomic mass is 10.1. The predicted molar refractivity (Wildman–Crippen MR) is 71.6 cm³/mol. The van der Waals surface area contributed by atoms with Gasteiger partial charge in [0, 0.05) is 18.3 Å². The van der Waals surface area contributed by atoms with Crippen molar-refractivity contribution in [2.24, 2.45) is 0 Å². The molecular formula is C14H18FN3. The molecule has 0 unspecified atom stereocenters. The smallest absolute Gasteiger partial charge is 0.132 e. The average molecular weight is 247 g/mol. The second kappa shape index (κ2) is 5.80. The highest BCUT2D eigenvalue weighted by Crippen LogP contribution is 2.24. The summed E-state index contributed by atoms with van der Waals surface area (Å²) in [6.07, 6.45) is 2.04. The lowest BCUT2D eigenvalue weighted by Crippen LogP contribution is -2.13. The van der Waals surface area contributed by atoms with E-state index in [-0.39, 0.29) is 5.82 Å². The summed E-state index contributed by atoms with van der Waals surface area (Å²) in [6.45, 7) is 1.44. The molecule has 1 heterocycles. The van der Waals surface area contributed by atoms with Crippen LogP contribution in [0.5, 0.6) is 0 Å². The Morgan fingerprint density at radius 3 is 2.61 bits per heavy atom. The van der Waals surface area contributed by atoms with Gasteiger partial charge in [-0.15, -0.1) is 0 Å². The van der Waals surface area contributed by atoms with Gasteiger partial charge in [-0.2, -0.15) is 0 Å². The fraction of sp³-hybridized carbons (Fsp3) is 0.286. The largest absolute Gasteiger partial charge is 0.334 e. The number of nitrogens with zero attached hydrogens (tertiary/aromatic N) is 1. The first-order valence-electron chi connectivity index (χ1n) is 5.99. The Bertz CT molecular complexity index is 520. The molecule has 0 aliphatic rings. The van der Waals surface area contributed by atoms with Crippen LogP contribution in [0.3, 0.4) is 0 Å². The van der Waals surface area contributed by atoms with E-state index in [0.29, 0.717) is 12.2 Å². The average Bonchev–Trinajstić information content (AvgIpc) is 2.74. The fourth-order valence-electron chi connectivity index (χ4n) is 2.07. The summed E-state index contributed by atoms with van der Waals surface area (Å²) in [5.74, 6) is -0.191. The summed E-state index contributed by atoms with van der Waals surface area (Å²) in [5, 5.41) is 6.19. The van der Waals surface area contributed by atoms with Gasteiger partial charge in [-0.1, -0.05) is 12.1 Å². The zero-order valence-electron chi connectivity index (χ0n) is 10.7. The van der Waals surface area contributed by atoms with E-state index in [4.69, 9.17) is 0 Å². The first-order chi connectivity index (χ1) is 8.76. The highest BCUT2D eigenvalue weighted by Gasteiger charge is 2.10. The number of aromatic nitrogens is 1. The van der Waals surface area contributed by atoms with E-state index in [1.54, 1.807) is 12.1 Å². The van der Waals surface area contributed by atoms with E-state index in [0.717, 1.165) is 17.8 Å². The molecule has 96 valence electrons. The van der Waals surface area contributed by atoms with Gasteiger partial charge in [0.15, 0.2) is 0 Å². The molecule has 0 aliphatic carbocycles. The van der Waals surface area contributed by atoms with Crippen LogP contribution in [0.15, 0.2) is 36.5 Å². The van der Waals surface area contributed by atoms with E-state index in [1.807, 2.05) is 37.0 Å². The summed E-state index contributed by atoms with van der Waals surface area (Å²) in [4.78, 5) is 0. The van der Waals surface area contributed by atoms with Crippen molar-refractivity contribution in [1.82, 2.24) is 15.2 Å². The van der Waals surface area contributed by atoms with Crippen molar-refractivity contribution in [1.29, 1.82) is 0 Å². The fourth-order valence-corrected chi connectivity index (χ4v) is 2.07. The predicted octanol–water partition coefficient (Wildman–Crippen LogP) is 2.19. The van der Waals surface area contributed by atoms with E-state index in [1.165, 1.54) is 6.07 Å². The van der Waals surface area contributed by atoms with Crippen LogP contribution in [0, 0.1) is 5.82 Å². The van der Waals surface area contributed by atoms with Crippen molar-refractivity contribution < 1.29 is 4.39 Å². The van der Waals surface area contributed by atoms with Gasteiger partial charge in [0.25, 0.3) is 0 Å². The summed E-state index contributed by atoms with van der Waals surface area (Å²) >= 11 is 0. The molecule has 2 N–H and O–H groups in total. The Labute approximate surface area is 107 Å². The van der Waals surface area contributed by atoms with Crippen LogP contribution in [0.1, 0.15) is 5.56 Å². The van der Waals surface area contributed by atoms with Crippen molar-refractivity contribution in [3.05, 3.63) is 47.9 Å². The van der Waals surface area contributed by atoms with Crippen molar-refractivity contribution >= 4 is 0 Å². The Kier molecular flexibility index (Phi) is 4.12. The Morgan fingerprint density at radius 1 is 1.17 bits per heavy atom. The summed E-state index contributed by atoms with van der Waals surface area (Å²) < 4.78 is 15.9. The van der Waals surface area contributed by atoms with Gasteiger partial charge < -0.3 is 15.2 Å². The normalized spacial score (nSPS) is 10.8. The molecule has 0 atom stereocenters. The topological polar surface area (TPSA) is 29.0 Å². The molecule has 0 amide bonds. The third-order valence-corrected chi connectivity index (χ3v) is 2.81. The molecule has 0 bridgehead atoms. The molecule has 2 aromatic rings. The summed E-state index contributed by atoms with van der Waals surface area (Å²) in [6, 6.07) is 8.88. The van der Waals surface area contributed by atoms with E-state index in [9.17, 15) is 4.39 Å². The van der Waals surface area contributed by atoms with Gasteiger partial charge in [-0.05, 0) is 37.9 Å². The summed E-state index contributed by atoms with van der Waals surface area (Å²) in [5.41, 5.74) is 2.67. The second-order valence-corrected chi connectivity index (χ2v) is 4.23. The maximum atomic E-state index is 13.8. The molecule has 0 fully saturated rings. The van der Waals surface area contributed by atoms with Gasteiger partial charge in [0.2, 0.25) is 0 Å². The highest BCUT2D eigenvalue weighted by molar-refractivity contribution is 5.62. The number of hydrogen-bond donors (Lipinski definition) is 2. The molecule has 0 radical (unpaired) electrons. The van der Waals surface area contributed by atoms with E-state index >= 15 is 0 Å². The number of nitrogens with one attached hydrogen (secondary N) is 2. The lowest BCUT2D eigenvalue weighted by Gasteiger charge is -2.08. The van der Waals surface area contributed by atoms with Crippen LogP contribution in [-0.4, -0.2) is 18.7 Å². The van der Waals surface area contributed by atoms with Crippen molar-refractivity contribution in [2.45, 2.75) is 13.2 Å². The van der Waals surface area contributed by atoms with Crippen molar-refractivity contribution in [3.8, 4) is 11.3 Å². The van der Waals surface area contributed by atoms with Gasteiger partial charge in [-0.25, -0.2) is 4.39 Å². The molecule has 1 aromatic heterocycles. The minimum Gasteiger partial charge on any atom is -0.334 e. The minimum absolute atomic E-state index is 0.191. The van der Waals surface area contributed by atoms with Crippen LogP contribution in [0.25, 0.3) is 11.3 Å². The van der Waals surface area contributed by atoms with Crippen LogP contribution in [-0.2, 0) is 13.2 Å². The standard InChI is InChI=1S/C14H18FN3/c1-16-8-11-7-14(18(9-11)10-17-2)12-5-3-4-6-13(12)15/h3-7,9,16-17H,8,10H2,1-2H3. The van der Waals surface area contributed by atoms with Gasteiger partial charge in [-0.3, -0.25) is 0 Å². The van der Waals surface area contributed by atoms with Crippen LogP contribution >= 0.6 is 0 Å². The number of rotatable bonds is 5. The molecule has 3 nitrogen and oxygen atoms in total. The second-order valence-electron chi connectivity index (χ2n) is 4.23. The highest BCUT2D eigenvalue weighted by atomic mass is 19.1. The zero-order chi connectivity index (χ0) is 13.0. The van der Waals surface area contributed by atoms with Gasteiger partial charge in [0.05, 0.1) is 12.4 Å². The third-order valence-electron chi connectivity index (χ3n) is 2.81. The monoisotopic (exact) mass is 247 g/mol. The van der Waals surface area contributed by atoms with Crippen LogP contribution in [0.2, 0.25) is 0 Å². The molecule has 0 saturated carbocycles. The quantitative estimate of drug-likeness (QED) is 0.848. The SMILES string of the molecule is CNCc1cc(-c2ccccc2F)n(CNC)c1. The molecule has 0 aliphatic heterocycles. The Morgan fingerprint density at radius 2 is 1.94 bits per heavy atom. The lowest BCUT2D eigenvalue weighted by molar-refractivity contribution is 0.610. The molecule has 18 heavy (non-hydrogen) atoms. The molecule has 0 spiro atoms. The van der Waals surface area contributed by atoms with E-state index < -0.39 is 0 Å².